The number of aromatic nitrogens is 4. The number of rotatable bonds is 0. The predicted molar refractivity (Wildman–Crippen MR) is 68.2 cm³/mol. The molecule has 0 saturated carbocycles. The highest BCUT2D eigenvalue weighted by atomic mass is 15.3. The topological polar surface area (TPSA) is 43.1 Å². The van der Waals surface area contributed by atoms with E-state index >= 15 is 0 Å². The Morgan fingerprint density at radius 1 is 1.00 bits per heavy atom. The van der Waals surface area contributed by atoms with Gasteiger partial charge in [0, 0.05) is 23.2 Å². The number of fused-ring (bicyclic) bond motifs is 1. The van der Waals surface area contributed by atoms with Crippen molar-refractivity contribution in [1.82, 2.24) is 19.6 Å². The summed E-state index contributed by atoms with van der Waals surface area (Å²) in [5, 5.41) is 4.52. The Balaban J connectivity index is 2.76. The summed E-state index contributed by atoms with van der Waals surface area (Å²) in [6.07, 6.45) is 3.65. The molecule has 2 aromatic heterocycles. The predicted octanol–water partition coefficient (Wildman–Crippen LogP) is 2.72. The van der Waals surface area contributed by atoms with Crippen molar-refractivity contribution in [2.24, 2.45) is 0 Å². The van der Waals surface area contributed by atoms with E-state index in [4.69, 9.17) is 4.98 Å². The van der Waals surface area contributed by atoms with Gasteiger partial charge < -0.3 is 0 Å². The van der Waals surface area contributed by atoms with Gasteiger partial charge in [0.1, 0.15) is 0 Å². The fourth-order valence-electron chi connectivity index (χ4n) is 1.65. The van der Waals surface area contributed by atoms with Crippen LogP contribution in [0.2, 0.25) is 0 Å². The van der Waals surface area contributed by atoms with Crippen LogP contribution >= 0.6 is 0 Å². The fourth-order valence-corrected chi connectivity index (χ4v) is 1.65. The van der Waals surface area contributed by atoms with Gasteiger partial charge in [-0.15, -0.1) is 0 Å². The van der Waals surface area contributed by atoms with Crippen molar-refractivity contribution in [1.29, 1.82) is 0 Å². The molecule has 0 N–H and O–H groups in total. The lowest BCUT2D eigenvalue weighted by atomic mass is 9.91. The average molecular weight is 232 g/mol. The van der Waals surface area contributed by atoms with Gasteiger partial charge in [-0.05, 0) is 0 Å². The average Bonchev–Trinajstić information content (AvgIpc) is 2.59. The van der Waals surface area contributed by atoms with Crippen molar-refractivity contribution in [3.63, 3.8) is 0 Å². The summed E-state index contributed by atoms with van der Waals surface area (Å²) >= 11 is 0. The van der Waals surface area contributed by atoms with Crippen LogP contribution in [0.25, 0.3) is 5.65 Å². The Morgan fingerprint density at radius 2 is 1.65 bits per heavy atom. The Labute approximate surface area is 102 Å². The lowest BCUT2D eigenvalue weighted by Crippen LogP contribution is -2.24. The summed E-state index contributed by atoms with van der Waals surface area (Å²) in [6.45, 7) is 12.8. The molecule has 0 radical (unpaired) electrons. The van der Waals surface area contributed by atoms with Gasteiger partial charge >= 0.3 is 0 Å². The second kappa shape index (κ2) is 3.52. The van der Waals surface area contributed by atoms with Crippen LogP contribution in [0, 0.1) is 0 Å². The zero-order valence-electron chi connectivity index (χ0n) is 11.4. The van der Waals surface area contributed by atoms with Gasteiger partial charge in [0.25, 0.3) is 0 Å². The van der Waals surface area contributed by atoms with Crippen molar-refractivity contribution < 1.29 is 0 Å². The molecule has 4 heteroatoms. The van der Waals surface area contributed by atoms with Crippen LogP contribution < -0.4 is 0 Å². The fraction of sp³-hybridized carbons (Fsp3) is 0.615. The molecule has 2 aromatic rings. The lowest BCUT2D eigenvalue weighted by molar-refractivity contribution is 0.499. The molecule has 0 fully saturated rings. The molecule has 92 valence electrons. The van der Waals surface area contributed by atoms with Crippen LogP contribution in [0.5, 0.6) is 0 Å². The van der Waals surface area contributed by atoms with Crippen LogP contribution in [-0.2, 0) is 10.8 Å². The van der Waals surface area contributed by atoms with E-state index in [-0.39, 0.29) is 10.8 Å². The third kappa shape index (κ3) is 2.16. The molecule has 0 aliphatic heterocycles. The normalized spacial score (nSPS) is 13.3. The summed E-state index contributed by atoms with van der Waals surface area (Å²) in [6, 6.07) is 0. The van der Waals surface area contributed by atoms with Crippen LogP contribution in [0.3, 0.4) is 0 Å². The van der Waals surface area contributed by atoms with Crippen LogP contribution in [0.4, 0.5) is 0 Å². The van der Waals surface area contributed by atoms with Crippen molar-refractivity contribution in [3.05, 3.63) is 23.9 Å². The van der Waals surface area contributed by atoms with E-state index in [0.29, 0.717) is 0 Å². The van der Waals surface area contributed by atoms with Crippen LogP contribution in [-0.4, -0.2) is 19.6 Å². The zero-order valence-corrected chi connectivity index (χ0v) is 11.4. The second-order valence-electron chi connectivity index (χ2n) is 6.48. The molecule has 0 aromatic carbocycles. The third-order valence-electron chi connectivity index (χ3n) is 2.63. The Bertz CT molecular complexity index is 541. The second-order valence-corrected chi connectivity index (χ2v) is 6.48. The van der Waals surface area contributed by atoms with E-state index in [0.717, 1.165) is 17.2 Å². The summed E-state index contributed by atoms with van der Waals surface area (Å²) < 4.78 is 1.83. The number of imidazole rings is 1. The molecule has 0 saturated heterocycles. The maximum Gasteiger partial charge on any atom is 0.175 e. The smallest absolute Gasteiger partial charge is 0.175 e. The molecular weight excluding hydrogens is 212 g/mol. The molecule has 0 aliphatic rings. The van der Waals surface area contributed by atoms with E-state index in [2.05, 4.69) is 51.6 Å². The first-order chi connectivity index (χ1) is 7.69. The first kappa shape index (κ1) is 12.0. The van der Waals surface area contributed by atoms with Crippen molar-refractivity contribution >= 4 is 5.65 Å². The minimum Gasteiger partial charge on any atom is -0.234 e. The van der Waals surface area contributed by atoms with Gasteiger partial charge in [-0.1, -0.05) is 41.5 Å². The molecule has 0 bridgehead atoms. The molecule has 17 heavy (non-hydrogen) atoms. The highest BCUT2D eigenvalue weighted by molar-refractivity contribution is 5.46. The minimum atomic E-state index is -0.0571. The zero-order chi connectivity index (χ0) is 12.8. The number of hydrogen-bond acceptors (Lipinski definition) is 3. The molecular formula is C13H20N4. The lowest BCUT2D eigenvalue weighted by Gasteiger charge is -2.22. The maximum absolute atomic E-state index is 4.72. The Kier molecular flexibility index (Phi) is 2.49. The van der Waals surface area contributed by atoms with Gasteiger partial charge in [-0.3, -0.25) is 0 Å². The molecule has 0 aliphatic carbocycles. The summed E-state index contributed by atoms with van der Waals surface area (Å²) in [5.74, 6) is 0.855. The van der Waals surface area contributed by atoms with Crippen LogP contribution in [0.1, 0.15) is 53.1 Å². The Hall–Kier alpha value is -1.45. The van der Waals surface area contributed by atoms with Gasteiger partial charge in [0.2, 0.25) is 0 Å². The first-order valence-corrected chi connectivity index (χ1v) is 5.92. The maximum atomic E-state index is 4.72. The van der Waals surface area contributed by atoms with Gasteiger partial charge in [-0.2, -0.15) is 5.10 Å². The van der Waals surface area contributed by atoms with E-state index in [1.165, 1.54) is 0 Å². The molecule has 2 rings (SSSR count). The van der Waals surface area contributed by atoms with E-state index in [1.807, 2.05) is 10.7 Å². The van der Waals surface area contributed by atoms with Crippen molar-refractivity contribution in [3.8, 4) is 0 Å². The standard InChI is InChI=1S/C13H20N4/c1-12(2,3)9-10-14-7-8-17(10)16-11(15-9)13(4,5)6/h7-8H,1-6H3. The SMILES string of the molecule is CC(C)(C)c1nc(C(C)(C)C)c2nccn2n1. The summed E-state index contributed by atoms with van der Waals surface area (Å²) in [7, 11) is 0. The van der Waals surface area contributed by atoms with Gasteiger partial charge in [-0.25, -0.2) is 14.5 Å². The van der Waals surface area contributed by atoms with Gasteiger partial charge in [0.15, 0.2) is 11.5 Å². The molecule has 0 spiro atoms. The third-order valence-corrected chi connectivity index (χ3v) is 2.63. The Morgan fingerprint density at radius 3 is 2.18 bits per heavy atom. The first-order valence-electron chi connectivity index (χ1n) is 5.92. The molecule has 0 atom stereocenters. The summed E-state index contributed by atoms with van der Waals surface area (Å²) in [5.41, 5.74) is 1.77. The van der Waals surface area contributed by atoms with Gasteiger partial charge in [0.05, 0.1) is 5.69 Å². The molecule has 0 amide bonds. The quantitative estimate of drug-likeness (QED) is 0.701. The minimum absolute atomic E-state index is 0.0322. The van der Waals surface area contributed by atoms with E-state index in [1.54, 1.807) is 6.20 Å². The monoisotopic (exact) mass is 232 g/mol. The number of nitrogens with zero attached hydrogens (tertiary/aromatic N) is 4. The number of hydrogen-bond donors (Lipinski definition) is 0. The molecule has 2 heterocycles. The molecule has 4 nitrogen and oxygen atoms in total. The van der Waals surface area contributed by atoms with Crippen molar-refractivity contribution in [2.75, 3.05) is 0 Å². The van der Waals surface area contributed by atoms with Crippen LogP contribution in [0.15, 0.2) is 12.4 Å². The molecule has 0 unspecified atom stereocenters. The summed E-state index contributed by atoms with van der Waals surface area (Å²) in [4.78, 5) is 9.07. The highest BCUT2D eigenvalue weighted by Gasteiger charge is 2.25. The highest BCUT2D eigenvalue weighted by Crippen LogP contribution is 2.26. The van der Waals surface area contributed by atoms with E-state index in [9.17, 15) is 0 Å². The van der Waals surface area contributed by atoms with Crippen molar-refractivity contribution in [2.45, 2.75) is 52.4 Å². The largest absolute Gasteiger partial charge is 0.234 e. The van der Waals surface area contributed by atoms with E-state index < -0.39 is 0 Å².